The highest BCUT2D eigenvalue weighted by atomic mass is 15.2. The zero-order chi connectivity index (χ0) is 9.03. The van der Waals surface area contributed by atoms with Crippen molar-refractivity contribution in [3.05, 3.63) is 0 Å². The van der Waals surface area contributed by atoms with Gasteiger partial charge in [-0.05, 0) is 26.8 Å². The SMILES string of the molecule is CC(C)(CCN)N1C#CCN=C1. The van der Waals surface area contributed by atoms with Crippen LogP contribution >= 0.6 is 0 Å². The molecule has 3 heteroatoms. The van der Waals surface area contributed by atoms with E-state index in [0.29, 0.717) is 13.1 Å². The highest BCUT2D eigenvalue weighted by molar-refractivity contribution is 5.61. The molecule has 0 fully saturated rings. The Morgan fingerprint density at radius 1 is 1.67 bits per heavy atom. The summed E-state index contributed by atoms with van der Waals surface area (Å²) in [5, 5.41) is 0. The molecule has 12 heavy (non-hydrogen) atoms. The van der Waals surface area contributed by atoms with Gasteiger partial charge in [0.15, 0.2) is 0 Å². The van der Waals surface area contributed by atoms with Crippen LogP contribution in [0.2, 0.25) is 0 Å². The first-order valence-corrected chi connectivity index (χ1v) is 4.15. The van der Waals surface area contributed by atoms with Gasteiger partial charge in [-0.2, -0.15) is 0 Å². The highest BCUT2D eigenvalue weighted by Gasteiger charge is 2.23. The number of hydrogen-bond acceptors (Lipinski definition) is 3. The lowest BCUT2D eigenvalue weighted by Crippen LogP contribution is -2.42. The molecule has 0 spiro atoms. The van der Waals surface area contributed by atoms with E-state index in [1.807, 2.05) is 4.90 Å². The van der Waals surface area contributed by atoms with Gasteiger partial charge in [-0.15, -0.1) is 0 Å². The molecule has 0 aromatic heterocycles. The molecule has 66 valence electrons. The number of nitrogens with two attached hydrogens (primary N) is 1. The third kappa shape index (κ3) is 1.99. The van der Waals surface area contributed by atoms with Crippen molar-refractivity contribution in [2.24, 2.45) is 10.7 Å². The molecule has 2 N–H and O–H groups in total. The van der Waals surface area contributed by atoms with Gasteiger partial charge in [0.2, 0.25) is 0 Å². The van der Waals surface area contributed by atoms with Crippen LogP contribution in [0.4, 0.5) is 0 Å². The van der Waals surface area contributed by atoms with Crippen molar-refractivity contribution >= 4 is 6.34 Å². The minimum atomic E-state index is 0.00562. The van der Waals surface area contributed by atoms with Crippen molar-refractivity contribution in [1.82, 2.24) is 4.90 Å². The van der Waals surface area contributed by atoms with Gasteiger partial charge in [0, 0.05) is 11.6 Å². The number of rotatable bonds is 3. The van der Waals surface area contributed by atoms with Gasteiger partial charge < -0.3 is 5.73 Å². The first kappa shape index (κ1) is 9.08. The Bertz CT molecular complexity index is 232. The Kier molecular flexibility index (Phi) is 2.72. The minimum Gasteiger partial charge on any atom is -0.330 e. The lowest BCUT2D eigenvalue weighted by atomic mass is 9.99. The fraction of sp³-hybridized carbons (Fsp3) is 0.667. The summed E-state index contributed by atoms with van der Waals surface area (Å²) in [7, 11) is 0. The second-order valence-corrected chi connectivity index (χ2v) is 3.47. The van der Waals surface area contributed by atoms with Crippen molar-refractivity contribution in [3.63, 3.8) is 0 Å². The van der Waals surface area contributed by atoms with Crippen molar-refractivity contribution < 1.29 is 0 Å². The van der Waals surface area contributed by atoms with Crippen LogP contribution in [0, 0.1) is 12.0 Å². The van der Waals surface area contributed by atoms with Gasteiger partial charge in [0.1, 0.15) is 6.54 Å². The standard InChI is InChI=1S/C9H15N3/c1-9(2,4-5-10)12-7-3-6-11-8-12/h8H,4-6,10H2,1-2H3. The summed E-state index contributed by atoms with van der Waals surface area (Å²) in [6.45, 7) is 5.53. The van der Waals surface area contributed by atoms with Crippen LogP contribution in [0.3, 0.4) is 0 Å². The van der Waals surface area contributed by atoms with Gasteiger partial charge >= 0.3 is 0 Å². The maximum atomic E-state index is 5.50. The lowest BCUT2D eigenvalue weighted by molar-refractivity contribution is 0.285. The maximum absolute atomic E-state index is 5.50. The van der Waals surface area contributed by atoms with Crippen LogP contribution in [-0.2, 0) is 0 Å². The minimum absolute atomic E-state index is 0.00562. The summed E-state index contributed by atoms with van der Waals surface area (Å²) in [5.41, 5.74) is 5.51. The van der Waals surface area contributed by atoms with Gasteiger partial charge in [0.25, 0.3) is 0 Å². The number of aliphatic imine (C=N–C) groups is 1. The summed E-state index contributed by atoms with van der Waals surface area (Å²) in [4.78, 5) is 6.03. The molecule has 0 saturated heterocycles. The van der Waals surface area contributed by atoms with Crippen molar-refractivity contribution in [2.45, 2.75) is 25.8 Å². The monoisotopic (exact) mass is 165 g/mol. The largest absolute Gasteiger partial charge is 0.330 e. The van der Waals surface area contributed by atoms with E-state index in [0.717, 1.165) is 6.42 Å². The molecule has 0 bridgehead atoms. The molecule has 0 radical (unpaired) electrons. The molecule has 1 rings (SSSR count). The van der Waals surface area contributed by atoms with E-state index in [4.69, 9.17) is 5.73 Å². The molecular weight excluding hydrogens is 150 g/mol. The Balaban J connectivity index is 2.64. The molecule has 0 aromatic rings. The van der Waals surface area contributed by atoms with Gasteiger partial charge in [-0.25, -0.2) is 0 Å². The van der Waals surface area contributed by atoms with E-state index in [1.54, 1.807) is 6.34 Å². The molecule has 0 atom stereocenters. The van der Waals surface area contributed by atoms with Crippen LogP contribution in [0.15, 0.2) is 4.99 Å². The van der Waals surface area contributed by atoms with Crippen LogP contribution in [-0.4, -0.2) is 29.9 Å². The van der Waals surface area contributed by atoms with Crippen molar-refractivity contribution in [3.8, 4) is 12.0 Å². The predicted octanol–water partition coefficient (Wildman–Crippen LogP) is 0.419. The zero-order valence-electron chi connectivity index (χ0n) is 7.67. The topological polar surface area (TPSA) is 41.6 Å². The highest BCUT2D eigenvalue weighted by Crippen LogP contribution is 2.15. The third-order valence-corrected chi connectivity index (χ3v) is 1.98. The second kappa shape index (κ2) is 3.59. The third-order valence-electron chi connectivity index (χ3n) is 1.98. The quantitative estimate of drug-likeness (QED) is 0.616. The Morgan fingerprint density at radius 3 is 2.92 bits per heavy atom. The maximum Gasteiger partial charge on any atom is 0.103 e. The molecule has 0 unspecified atom stereocenters. The fourth-order valence-electron chi connectivity index (χ4n) is 1.10. The molecule has 1 aliphatic rings. The normalized spacial score (nSPS) is 15.8. The van der Waals surface area contributed by atoms with E-state index >= 15 is 0 Å². The summed E-state index contributed by atoms with van der Waals surface area (Å²) < 4.78 is 0. The molecule has 1 aliphatic heterocycles. The zero-order valence-corrected chi connectivity index (χ0v) is 7.67. The van der Waals surface area contributed by atoms with Gasteiger partial charge in [0.05, 0.1) is 6.34 Å². The van der Waals surface area contributed by atoms with Crippen LogP contribution in [0.25, 0.3) is 0 Å². The van der Waals surface area contributed by atoms with Crippen LogP contribution < -0.4 is 5.73 Å². The van der Waals surface area contributed by atoms with E-state index in [2.05, 4.69) is 30.8 Å². The molecule has 0 amide bonds. The predicted molar refractivity (Wildman–Crippen MR) is 50.7 cm³/mol. The molecule has 0 saturated carbocycles. The van der Waals surface area contributed by atoms with Crippen LogP contribution in [0.5, 0.6) is 0 Å². The Labute approximate surface area is 73.6 Å². The second-order valence-electron chi connectivity index (χ2n) is 3.47. The summed E-state index contributed by atoms with van der Waals surface area (Å²) in [5.74, 6) is 2.94. The average molecular weight is 165 g/mol. The van der Waals surface area contributed by atoms with E-state index in [9.17, 15) is 0 Å². The van der Waals surface area contributed by atoms with Crippen molar-refractivity contribution in [2.75, 3.05) is 13.1 Å². The Morgan fingerprint density at radius 2 is 2.42 bits per heavy atom. The molecule has 0 aliphatic carbocycles. The Hall–Kier alpha value is -1.01. The van der Waals surface area contributed by atoms with Crippen LogP contribution in [0.1, 0.15) is 20.3 Å². The van der Waals surface area contributed by atoms with Gasteiger partial charge in [-0.3, -0.25) is 9.89 Å². The molecule has 3 nitrogen and oxygen atoms in total. The number of nitrogens with zero attached hydrogens (tertiary/aromatic N) is 2. The smallest absolute Gasteiger partial charge is 0.103 e. The summed E-state index contributed by atoms with van der Waals surface area (Å²) in [6, 6.07) is 3.02. The van der Waals surface area contributed by atoms with E-state index in [1.165, 1.54) is 0 Å². The average Bonchev–Trinajstić information content (AvgIpc) is 2.06. The first-order chi connectivity index (χ1) is 5.67. The van der Waals surface area contributed by atoms with E-state index < -0.39 is 0 Å². The molecule has 0 aromatic carbocycles. The lowest BCUT2D eigenvalue weighted by Gasteiger charge is -2.32. The van der Waals surface area contributed by atoms with Crippen molar-refractivity contribution in [1.29, 1.82) is 0 Å². The number of hydrogen-bond donors (Lipinski definition) is 1. The summed E-state index contributed by atoms with van der Waals surface area (Å²) in [6.07, 6.45) is 2.72. The van der Waals surface area contributed by atoms with Gasteiger partial charge in [-0.1, -0.05) is 5.92 Å². The first-order valence-electron chi connectivity index (χ1n) is 4.15. The van der Waals surface area contributed by atoms with E-state index in [-0.39, 0.29) is 5.54 Å². The summed E-state index contributed by atoms with van der Waals surface area (Å²) >= 11 is 0. The molecular formula is C9H15N3. The molecule has 1 heterocycles. The fourth-order valence-corrected chi connectivity index (χ4v) is 1.10.